The average molecular weight is 396 g/mol. The molecule has 1 saturated heterocycles. The number of amides is 2. The number of benzene rings is 1. The van der Waals surface area contributed by atoms with Crippen molar-refractivity contribution < 1.29 is 14.3 Å². The summed E-state index contributed by atoms with van der Waals surface area (Å²) in [6.45, 7) is 7.00. The Labute approximate surface area is 171 Å². The monoisotopic (exact) mass is 396 g/mol. The minimum Gasteiger partial charge on any atom is -0.379 e. The van der Waals surface area contributed by atoms with E-state index in [2.05, 4.69) is 15.2 Å². The second-order valence-electron chi connectivity index (χ2n) is 7.15. The lowest BCUT2D eigenvalue weighted by molar-refractivity contribution is -0.114. The number of anilines is 1. The smallest absolute Gasteiger partial charge is 0.254 e. The average Bonchev–Trinajstić information content (AvgIpc) is 2.74. The molecule has 1 aliphatic heterocycles. The number of rotatable bonds is 8. The van der Waals surface area contributed by atoms with Crippen molar-refractivity contribution >= 4 is 17.5 Å². The van der Waals surface area contributed by atoms with Crippen LogP contribution in [0.3, 0.4) is 0 Å². The van der Waals surface area contributed by atoms with Gasteiger partial charge in [0.1, 0.15) is 0 Å². The number of hydrogen-bond acceptors (Lipinski definition) is 5. The molecule has 2 amide bonds. The van der Waals surface area contributed by atoms with Gasteiger partial charge < -0.3 is 15.0 Å². The number of hydrogen-bond donors (Lipinski definition) is 1. The quantitative estimate of drug-likeness (QED) is 0.742. The Balaban J connectivity index is 1.69. The summed E-state index contributed by atoms with van der Waals surface area (Å²) in [5.74, 6) is -0.204. The lowest BCUT2D eigenvalue weighted by Gasteiger charge is -2.28. The van der Waals surface area contributed by atoms with Crippen LogP contribution in [-0.2, 0) is 16.1 Å². The fraction of sp³-hybridized carbons (Fsp3) is 0.409. The van der Waals surface area contributed by atoms with Crippen LogP contribution < -0.4 is 5.32 Å². The second kappa shape index (κ2) is 10.7. The maximum Gasteiger partial charge on any atom is 0.254 e. The van der Waals surface area contributed by atoms with Gasteiger partial charge in [-0.3, -0.25) is 19.5 Å². The number of nitrogens with zero attached hydrogens (tertiary/aromatic N) is 3. The van der Waals surface area contributed by atoms with Crippen LogP contribution >= 0.6 is 0 Å². The number of carbonyl (C=O) groups excluding carboxylic acids is 2. The first-order valence-corrected chi connectivity index (χ1v) is 9.98. The van der Waals surface area contributed by atoms with Crippen LogP contribution in [0.2, 0.25) is 0 Å². The van der Waals surface area contributed by atoms with Gasteiger partial charge in [0.25, 0.3) is 5.91 Å². The molecule has 1 aliphatic rings. The van der Waals surface area contributed by atoms with Crippen LogP contribution in [0.5, 0.6) is 0 Å². The molecule has 154 valence electrons. The molecule has 0 spiro atoms. The van der Waals surface area contributed by atoms with Crippen LogP contribution in [0.4, 0.5) is 5.69 Å². The van der Waals surface area contributed by atoms with Crippen molar-refractivity contribution in [3.8, 4) is 0 Å². The van der Waals surface area contributed by atoms with Gasteiger partial charge in [-0.25, -0.2) is 0 Å². The van der Waals surface area contributed by atoms with E-state index in [1.54, 1.807) is 36.7 Å². The molecule has 2 heterocycles. The SMILES string of the molecule is CC(=O)Nc1cccc(C(=O)N(CCCN2CCOCC2)Cc2ccncc2)c1. The van der Waals surface area contributed by atoms with Crippen molar-refractivity contribution in [3.63, 3.8) is 0 Å². The van der Waals surface area contributed by atoms with E-state index in [4.69, 9.17) is 4.74 Å². The Bertz CT molecular complexity index is 807. The zero-order valence-electron chi connectivity index (χ0n) is 16.8. The predicted molar refractivity (Wildman–Crippen MR) is 112 cm³/mol. The Morgan fingerprint density at radius 3 is 2.66 bits per heavy atom. The minimum atomic E-state index is -0.159. The van der Waals surface area contributed by atoms with Gasteiger partial charge in [-0.2, -0.15) is 0 Å². The van der Waals surface area contributed by atoms with E-state index in [9.17, 15) is 9.59 Å². The zero-order valence-corrected chi connectivity index (χ0v) is 16.8. The molecule has 1 N–H and O–H groups in total. The molecule has 1 aromatic heterocycles. The van der Waals surface area contributed by atoms with Gasteiger partial charge in [0.2, 0.25) is 5.91 Å². The van der Waals surface area contributed by atoms with Gasteiger partial charge in [0, 0.05) is 63.3 Å². The van der Waals surface area contributed by atoms with Gasteiger partial charge in [0.15, 0.2) is 0 Å². The molecule has 1 aromatic carbocycles. The van der Waals surface area contributed by atoms with Gasteiger partial charge in [-0.15, -0.1) is 0 Å². The van der Waals surface area contributed by atoms with E-state index < -0.39 is 0 Å². The van der Waals surface area contributed by atoms with Crippen molar-refractivity contribution in [2.75, 3.05) is 44.7 Å². The molecule has 0 saturated carbocycles. The van der Waals surface area contributed by atoms with Crippen molar-refractivity contribution in [2.24, 2.45) is 0 Å². The number of carbonyl (C=O) groups is 2. The lowest BCUT2D eigenvalue weighted by Crippen LogP contribution is -2.39. The third-order valence-electron chi connectivity index (χ3n) is 4.85. The highest BCUT2D eigenvalue weighted by Gasteiger charge is 2.18. The van der Waals surface area contributed by atoms with Crippen LogP contribution in [0, 0.1) is 0 Å². The lowest BCUT2D eigenvalue weighted by atomic mass is 10.1. The molecule has 0 atom stereocenters. The van der Waals surface area contributed by atoms with E-state index in [1.807, 2.05) is 17.0 Å². The molecular formula is C22H28N4O3. The fourth-order valence-corrected chi connectivity index (χ4v) is 3.39. The number of aromatic nitrogens is 1. The molecule has 1 fully saturated rings. The molecule has 0 unspecified atom stereocenters. The predicted octanol–water partition coefficient (Wildman–Crippen LogP) is 2.40. The highest BCUT2D eigenvalue weighted by atomic mass is 16.5. The Morgan fingerprint density at radius 2 is 1.93 bits per heavy atom. The maximum atomic E-state index is 13.2. The first-order chi connectivity index (χ1) is 14.1. The van der Waals surface area contributed by atoms with Gasteiger partial charge >= 0.3 is 0 Å². The highest BCUT2D eigenvalue weighted by molar-refractivity contribution is 5.96. The molecule has 0 bridgehead atoms. The van der Waals surface area contributed by atoms with Crippen LogP contribution in [0.1, 0.15) is 29.3 Å². The zero-order chi connectivity index (χ0) is 20.5. The summed E-state index contributed by atoms with van der Waals surface area (Å²) in [6.07, 6.45) is 4.37. The van der Waals surface area contributed by atoms with E-state index in [-0.39, 0.29) is 11.8 Å². The van der Waals surface area contributed by atoms with Crippen molar-refractivity contribution in [3.05, 3.63) is 59.9 Å². The molecule has 7 nitrogen and oxygen atoms in total. The van der Waals surface area contributed by atoms with Crippen LogP contribution in [-0.4, -0.2) is 66.0 Å². The van der Waals surface area contributed by atoms with Gasteiger partial charge in [-0.05, 0) is 42.3 Å². The second-order valence-corrected chi connectivity index (χ2v) is 7.15. The molecule has 7 heteroatoms. The summed E-state index contributed by atoms with van der Waals surface area (Å²) in [6, 6.07) is 10.9. The summed E-state index contributed by atoms with van der Waals surface area (Å²) in [4.78, 5) is 32.9. The molecule has 0 radical (unpaired) electrons. The molecule has 0 aliphatic carbocycles. The summed E-state index contributed by atoms with van der Waals surface area (Å²) in [7, 11) is 0. The third kappa shape index (κ3) is 6.66. The van der Waals surface area contributed by atoms with Crippen molar-refractivity contribution in [1.29, 1.82) is 0 Å². The molecule has 29 heavy (non-hydrogen) atoms. The van der Waals surface area contributed by atoms with E-state index >= 15 is 0 Å². The number of ether oxygens (including phenoxy) is 1. The number of nitrogens with one attached hydrogen (secondary N) is 1. The Kier molecular flexibility index (Phi) is 7.72. The minimum absolute atomic E-state index is 0.0454. The Hall–Kier alpha value is -2.77. The topological polar surface area (TPSA) is 74.8 Å². The summed E-state index contributed by atoms with van der Waals surface area (Å²) in [5.41, 5.74) is 2.23. The molecular weight excluding hydrogens is 368 g/mol. The molecule has 3 rings (SSSR count). The third-order valence-corrected chi connectivity index (χ3v) is 4.85. The van der Waals surface area contributed by atoms with Crippen LogP contribution in [0.15, 0.2) is 48.8 Å². The first kappa shape index (κ1) is 21.0. The highest BCUT2D eigenvalue weighted by Crippen LogP contribution is 2.15. The van der Waals surface area contributed by atoms with E-state index in [1.165, 1.54) is 6.92 Å². The standard InChI is InChI=1S/C22H28N4O3/c1-18(27)24-21-5-2-4-20(16-21)22(28)26(17-19-6-8-23-9-7-19)11-3-10-25-12-14-29-15-13-25/h2,4-9,16H,3,10-15,17H2,1H3,(H,24,27). The largest absolute Gasteiger partial charge is 0.379 e. The number of morpholine rings is 1. The maximum absolute atomic E-state index is 13.2. The van der Waals surface area contributed by atoms with Crippen molar-refractivity contribution in [1.82, 2.24) is 14.8 Å². The normalized spacial score (nSPS) is 14.4. The number of pyridine rings is 1. The van der Waals surface area contributed by atoms with E-state index in [0.717, 1.165) is 44.8 Å². The fourth-order valence-electron chi connectivity index (χ4n) is 3.39. The van der Waals surface area contributed by atoms with E-state index in [0.29, 0.717) is 24.3 Å². The van der Waals surface area contributed by atoms with Gasteiger partial charge in [0.05, 0.1) is 13.2 Å². The summed E-state index contributed by atoms with van der Waals surface area (Å²) in [5, 5.41) is 2.74. The first-order valence-electron chi connectivity index (χ1n) is 9.98. The Morgan fingerprint density at radius 1 is 1.17 bits per heavy atom. The summed E-state index contributed by atoms with van der Waals surface area (Å²) >= 11 is 0. The van der Waals surface area contributed by atoms with Gasteiger partial charge in [-0.1, -0.05) is 6.07 Å². The summed E-state index contributed by atoms with van der Waals surface area (Å²) < 4.78 is 5.40. The van der Waals surface area contributed by atoms with Crippen LogP contribution in [0.25, 0.3) is 0 Å². The van der Waals surface area contributed by atoms with Crippen molar-refractivity contribution in [2.45, 2.75) is 19.9 Å². The molecule has 2 aromatic rings.